The summed E-state index contributed by atoms with van der Waals surface area (Å²) in [6.45, 7) is 12.4. The van der Waals surface area contributed by atoms with E-state index in [-0.39, 0.29) is 0 Å². The number of nitrogens with one attached hydrogen (secondary N) is 1. The van der Waals surface area contributed by atoms with Crippen LogP contribution in [0.4, 0.5) is 0 Å². The molecule has 2 rings (SSSR count). The van der Waals surface area contributed by atoms with Crippen molar-refractivity contribution in [3.63, 3.8) is 0 Å². The van der Waals surface area contributed by atoms with E-state index in [9.17, 15) is 0 Å². The van der Waals surface area contributed by atoms with Crippen LogP contribution < -0.4 is 5.32 Å². The maximum absolute atomic E-state index is 5.93. The van der Waals surface area contributed by atoms with Crippen LogP contribution in [0, 0.1) is 6.92 Å². The summed E-state index contributed by atoms with van der Waals surface area (Å²) in [5, 5.41) is 5.50. The number of thiophene rings is 1. The van der Waals surface area contributed by atoms with Gasteiger partial charge in [0.05, 0.1) is 6.54 Å². The van der Waals surface area contributed by atoms with Gasteiger partial charge in [0.15, 0.2) is 0 Å². The van der Waals surface area contributed by atoms with E-state index in [1.54, 1.807) is 0 Å². The van der Waals surface area contributed by atoms with Crippen molar-refractivity contribution in [3.05, 3.63) is 45.5 Å². The minimum absolute atomic E-state index is 0.495. The molecule has 2 aromatic heterocycles. The first-order valence-corrected chi connectivity index (χ1v) is 8.53. The largest absolute Gasteiger partial charge is 0.465 e. The number of hydrogen-bond donors (Lipinski definition) is 1. The standard InChI is InChI=1S/C17H26N2OS/c1-5-18-10-15-9-16(20-14(15)4)11-19(13(2)3)12-17-7-6-8-21-17/h6-9,13,18H,5,10-12H2,1-4H3. The van der Waals surface area contributed by atoms with Crippen LogP contribution in [0.1, 0.15) is 42.7 Å². The summed E-state index contributed by atoms with van der Waals surface area (Å²) in [7, 11) is 0. The van der Waals surface area contributed by atoms with Gasteiger partial charge in [-0.1, -0.05) is 13.0 Å². The van der Waals surface area contributed by atoms with Crippen LogP contribution in [0.5, 0.6) is 0 Å². The van der Waals surface area contributed by atoms with E-state index >= 15 is 0 Å². The van der Waals surface area contributed by atoms with Gasteiger partial charge in [0.25, 0.3) is 0 Å². The van der Waals surface area contributed by atoms with Gasteiger partial charge in [-0.3, -0.25) is 4.90 Å². The van der Waals surface area contributed by atoms with Gasteiger partial charge < -0.3 is 9.73 Å². The molecule has 3 nitrogen and oxygen atoms in total. The van der Waals surface area contributed by atoms with Crippen LogP contribution in [0.15, 0.2) is 28.0 Å². The van der Waals surface area contributed by atoms with Crippen molar-refractivity contribution < 1.29 is 4.42 Å². The lowest BCUT2D eigenvalue weighted by Gasteiger charge is -2.24. The fourth-order valence-corrected chi connectivity index (χ4v) is 3.05. The van der Waals surface area contributed by atoms with E-state index in [0.717, 1.165) is 37.7 Å². The minimum Gasteiger partial charge on any atom is -0.465 e. The van der Waals surface area contributed by atoms with Crippen LogP contribution in [0.25, 0.3) is 0 Å². The Labute approximate surface area is 132 Å². The molecule has 0 unspecified atom stereocenters. The third-order valence-electron chi connectivity index (χ3n) is 3.67. The maximum atomic E-state index is 5.93. The molecule has 1 N–H and O–H groups in total. The van der Waals surface area contributed by atoms with Crippen molar-refractivity contribution in [2.75, 3.05) is 6.54 Å². The second kappa shape index (κ2) is 7.78. The Balaban J connectivity index is 2.03. The molecule has 2 heterocycles. The summed E-state index contributed by atoms with van der Waals surface area (Å²) in [4.78, 5) is 3.85. The normalized spacial score (nSPS) is 11.7. The second-order valence-electron chi connectivity index (χ2n) is 5.65. The van der Waals surface area contributed by atoms with E-state index in [1.165, 1.54) is 10.4 Å². The van der Waals surface area contributed by atoms with Gasteiger partial charge >= 0.3 is 0 Å². The Kier molecular flexibility index (Phi) is 6.03. The van der Waals surface area contributed by atoms with Crippen LogP contribution >= 0.6 is 11.3 Å². The average molecular weight is 306 g/mol. The van der Waals surface area contributed by atoms with Gasteiger partial charge in [-0.2, -0.15) is 0 Å². The van der Waals surface area contributed by atoms with Crippen molar-refractivity contribution in [1.29, 1.82) is 0 Å². The van der Waals surface area contributed by atoms with Crippen molar-refractivity contribution in [2.24, 2.45) is 0 Å². The lowest BCUT2D eigenvalue weighted by Crippen LogP contribution is -2.29. The lowest BCUT2D eigenvalue weighted by molar-refractivity contribution is 0.188. The van der Waals surface area contributed by atoms with E-state index < -0.39 is 0 Å². The van der Waals surface area contributed by atoms with Gasteiger partial charge in [-0.25, -0.2) is 0 Å². The zero-order valence-electron chi connectivity index (χ0n) is 13.5. The van der Waals surface area contributed by atoms with E-state index in [4.69, 9.17) is 4.42 Å². The van der Waals surface area contributed by atoms with Gasteiger partial charge in [0.1, 0.15) is 11.5 Å². The molecule has 0 fully saturated rings. The molecule has 21 heavy (non-hydrogen) atoms. The van der Waals surface area contributed by atoms with Crippen molar-refractivity contribution in [3.8, 4) is 0 Å². The number of nitrogens with zero attached hydrogens (tertiary/aromatic N) is 1. The molecule has 0 saturated heterocycles. The van der Waals surface area contributed by atoms with E-state index in [0.29, 0.717) is 6.04 Å². The predicted molar refractivity (Wildman–Crippen MR) is 89.5 cm³/mol. The molecule has 0 amide bonds. The smallest absolute Gasteiger partial charge is 0.118 e. The highest BCUT2D eigenvalue weighted by Gasteiger charge is 2.15. The number of furan rings is 1. The van der Waals surface area contributed by atoms with Crippen LogP contribution in [0.2, 0.25) is 0 Å². The first-order valence-electron chi connectivity index (χ1n) is 7.65. The van der Waals surface area contributed by atoms with Gasteiger partial charge in [-0.05, 0) is 44.8 Å². The minimum atomic E-state index is 0.495. The predicted octanol–water partition coefficient (Wildman–Crippen LogP) is 4.17. The maximum Gasteiger partial charge on any atom is 0.118 e. The number of aryl methyl sites for hydroxylation is 1. The molecule has 4 heteroatoms. The third kappa shape index (κ3) is 4.70. The fourth-order valence-electron chi connectivity index (χ4n) is 2.32. The van der Waals surface area contributed by atoms with Crippen LogP contribution in [-0.2, 0) is 19.6 Å². The molecule has 0 aliphatic heterocycles. The monoisotopic (exact) mass is 306 g/mol. The summed E-state index contributed by atoms with van der Waals surface area (Å²) in [5.74, 6) is 2.09. The van der Waals surface area contributed by atoms with Crippen molar-refractivity contribution in [2.45, 2.75) is 53.4 Å². The summed E-state index contributed by atoms with van der Waals surface area (Å²) in [6, 6.07) is 7.00. The van der Waals surface area contributed by atoms with Gasteiger partial charge in [0, 0.05) is 29.6 Å². The van der Waals surface area contributed by atoms with E-state index in [1.807, 2.05) is 11.3 Å². The second-order valence-corrected chi connectivity index (χ2v) is 6.68. The van der Waals surface area contributed by atoms with Crippen molar-refractivity contribution in [1.82, 2.24) is 10.2 Å². The highest BCUT2D eigenvalue weighted by Crippen LogP contribution is 2.20. The molecule has 0 spiro atoms. The molecule has 0 radical (unpaired) electrons. The quantitative estimate of drug-likeness (QED) is 0.793. The lowest BCUT2D eigenvalue weighted by atomic mass is 10.2. The Hall–Kier alpha value is -1.10. The first-order chi connectivity index (χ1) is 10.1. The zero-order chi connectivity index (χ0) is 15.2. The molecule has 0 aliphatic carbocycles. The summed E-state index contributed by atoms with van der Waals surface area (Å²) < 4.78 is 5.93. The highest BCUT2D eigenvalue weighted by molar-refractivity contribution is 7.09. The highest BCUT2D eigenvalue weighted by atomic mass is 32.1. The fraction of sp³-hybridized carbons (Fsp3) is 0.529. The topological polar surface area (TPSA) is 28.4 Å². The summed E-state index contributed by atoms with van der Waals surface area (Å²) in [6.07, 6.45) is 0. The van der Waals surface area contributed by atoms with E-state index in [2.05, 4.69) is 61.5 Å². The molecule has 0 atom stereocenters. The number of hydrogen-bond acceptors (Lipinski definition) is 4. The van der Waals surface area contributed by atoms with Crippen LogP contribution in [0.3, 0.4) is 0 Å². The van der Waals surface area contributed by atoms with Crippen molar-refractivity contribution >= 4 is 11.3 Å². The summed E-state index contributed by atoms with van der Waals surface area (Å²) in [5.41, 5.74) is 1.27. The Morgan fingerprint density at radius 2 is 2.14 bits per heavy atom. The van der Waals surface area contributed by atoms with Gasteiger partial charge in [0.2, 0.25) is 0 Å². The number of rotatable bonds is 8. The van der Waals surface area contributed by atoms with Gasteiger partial charge in [-0.15, -0.1) is 11.3 Å². The third-order valence-corrected chi connectivity index (χ3v) is 4.53. The first kappa shape index (κ1) is 16.3. The Morgan fingerprint density at radius 3 is 2.76 bits per heavy atom. The zero-order valence-corrected chi connectivity index (χ0v) is 14.3. The molecular formula is C17H26N2OS. The average Bonchev–Trinajstić information content (AvgIpc) is 3.06. The molecule has 0 aromatic carbocycles. The van der Waals surface area contributed by atoms with Crippen LogP contribution in [-0.4, -0.2) is 17.5 Å². The molecule has 0 bridgehead atoms. The molecule has 2 aromatic rings. The Morgan fingerprint density at radius 1 is 1.33 bits per heavy atom. The molecular weight excluding hydrogens is 280 g/mol. The summed E-state index contributed by atoms with van der Waals surface area (Å²) >= 11 is 1.82. The Bertz CT molecular complexity index is 531. The molecule has 0 aliphatic rings. The molecule has 116 valence electrons. The molecule has 0 saturated carbocycles. The SMILES string of the molecule is CCNCc1cc(CN(Cc2cccs2)C(C)C)oc1C.